The molecule has 0 bridgehead atoms. The topological polar surface area (TPSA) is 22.1 Å². The van der Waals surface area contributed by atoms with Crippen LogP contribution in [0.4, 0.5) is 0 Å². The first-order chi connectivity index (χ1) is 6.36. The van der Waals surface area contributed by atoms with Gasteiger partial charge in [-0.2, -0.15) is 0 Å². The van der Waals surface area contributed by atoms with Crippen molar-refractivity contribution in [3.05, 3.63) is 29.0 Å². The van der Waals surface area contributed by atoms with Crippen molar-refractivity contribution < 1.29 is 4.74 Å². The van der Waals surface area contributed by atoms with E-state index in [1.165, 1.54) is 0 Å². The van der Waals surface area contributed by atoms with E-state index in [1.54, 1.807) is 6.20 Å². The molecule has 0 atom stereocenters. The Balaban J connectivity index is 1.89. The van der Waals surface area contributed by atoms with Crippen molar-refractivity contribution in [1.29, 1.82) is 0 Å². The molecule has 0 amide bonds. The van der Waals surface area contributed by atoms with Crippen LogP contribution in [-0.2, 0) is 10.5 Å². The van der Waals surface area contributed by atoms with E-state index in [4.69, 9.17) is 16.3 Å². The van der Waals surface area contributed by atoms with Crippen LogP contribution in [0.2, 0.25) is 5.15 Å². The van der Waals surface area contributed by atoms with Crippen molar-refractivity contribution in [2.45, 2.75) is 11.0 Å². The van der Waals surface area contributed by atoms with Crippen LogP contribution < -0.4 is 0 Å². The Morgan fingerprint density at radius 3 is 3.08 bits per heavy atom. The molecule has 1 fully saturated rings. The zero-order valence-corrected chi connectivity index (χ0v) is 8.64. The number of hydrogen-bond donors (Lipinski definition) is 0. The predicted octanol–water partition coefficient (Wildman–Crippen LogP) is 2.37. The Hall–Kier alpha value is -0.250. The summed E-state index contributed by atoms with van der Waals surface area (Å²) in [6.07, 6.45) is 1.71. The molecular formula is C9H10ClNOS. The number of rotatable bonds is 3. The van der Waals surface area contributed by atoms with Crippen LogP contribution >= 0.6 is 23.4 Å². The van der Waals surface area contributed by atoms with Crippen LogP contribution in [0.5, 0.6) is 0 Å². The van der Waals surface area contributed by atoms with Crippen molar-refractivity contribution in [3.8, 4) is 0 Å². The second-order valence-corrected chi connectivity index (χ2v) is 4.57. The van der Waals surface area contributed by atoms with Crippen LogP contribution in [0.1, 0.15) is 5.56 Å². The van der Waals surface area contributed by atoms with E-state index in [0.29, 0.717) is 10.4 Å². The molecule has 1 aliphatic heterocycles. The van der Waals surface area contributed by atoms with Gasteiger partial charge in [-0.1, -0.05) is 17.7 Å². The quantitative estimate of drug-likeness (QED) is 0.723. The number of pyridine rings is 1. The van der Waals surface area contributed by atoms with Gasteiger partial charge in [-0.05, 0) is 11.6 Å². The molecule has 0 aromatic carbocycles. The number of aromatic nitrogens is 1. The second-order valence-electron chi connectivity index (χ2n) is 2.92. The van der Waals surface area contributed by atoms with Gasteiger partial charge in [-0.3, -0.25) is 0 Å². The van der Waals surface area contributed by atoms with Gasteiger partial charge in [0.2, 0.25) is 0 Å². The number of nitrogens with zero attached hydrogens (tertiary/aromatic N) is 1. The highest BCUT2D eigenvalue weighted by Crippen LogP contribution is 2.25. The lowest BCUT2D eigenvalue weighted by Gasteiger charge is -2.25. The zero-order chi connectivity index (χ0) is 9.10. The van der Waals surface area contributed by atoms with Gasteiger partial charge in [0.05, 0.1) is 18.5 Å². The molecule has 1 aromatic rings. The minimum absolute atomic E-state index is 0.621. The van der Waals surface area contributed by atoms with Crippen molar-refractivity contribution in [1.82, 2.24) is 4.98 Å². The summed E-state index contributed by atoms with van der Waals surface area (Å²) in [5, 5.41) is 1.27. The summed E-state index contributed by atoms with van der Waals surface area (Å²) in [6, 6.07) is 3.93. The SMILES string of the molecule is Clc1ncccc1CSC1COC1. The van der Waals surface area contributed by atoms with Crippen LogP contribution in [0.15, 0.2) is 18.3 Å². The largest absolute Gasteiger partial charge is 0.379 e. The molecule has 13 heavy (non-hydrogen) atoms. The summed E-state index contributed by atoms with van der Waals surface area (Å²) < 4.78 is 5.08. The van der Waals surface area contributed by atoms with Gasteiger partial charge >= 0.3 is 0 Å². The highest BCUT2D eigenvalue weighted by molar-refractivity contribution is 7.99. The molecule has 0 saturated carbocycles. The highest BCUT2D eigenvalue weighted by atomic mass is 35.5. The Morgan fingerprint density at radius 1 is 1.62 bits per heavy atom. The van der Waals surface area contributed by atoms with Crippen LogP contribution in [-0.4, -0.2) is 23.4 Å². The lowest BCUT2D eigenvalue weighted by atomic mass is 10.3. The van der Waals surface area contributed by atoms with E-state index in [-0.39, 0.29) is 0 Å². The van der Waals surface area contributed by atoms with E-state index < -0.39 is 0 Å². The third-order valence-electron chi connectivity index (χ3n) is 1.92. The Morgan fingerprint density at radius 2 is 2.46 bits per heavy atom. The molecule has 0 aliphatic carbocycles. The molecule has 2 heterocycles. The smallest absolute Gasteiger partial charge is 0.133 e. The van der Waals surface area contributed by atoms with E-state index in [1.807, 2.05) is 23.9 Å². The fourth-order valence-corrected chi connectivity index (χ4v) is 2.34. The van der Waals surface area contributed by atoms with Gasteiger partial charge < -0.3 is 4.74 Å². The fraction of sp³-hybridized carbons (Fsp3) is 0.444. The number of thioether (sulfide) groups is 1. The van der Waals surface area contributed by atoms with Crippen molar-refractivity contribution in [3.63, 3.8) is 0 Å². The fourth-order valence-electron chi connectivity index (χ4n) is 1.04. The molecule has 0 unspecified atom stereocenters. The third kappa shape index (κ3) is 2.36. The van der Waals surface area contributed by atoms with Crippen molar-refractivity contribution in [2.24, 2.45) is 0 Å². The van der Waals surface area contributed by atoms with Gasteiger partial charge in [-0.15, -0.1) is 11.8 Å². The first-order valence-corrected chi connectivity index (χ1v) is 5.57. The first kappa shape index (κ1) is 9.31. The average molecular weight is 216 g/mol. The van der Waals surface area contributed by atoms with Gasteiger partial charge in [0.25, 0.3) is 0 Å². The maximum absolute atomic E-state index is 5.91. The number of hydrogen-bond acceptors (Lipinski definition) is 3. The highest BCUT2D eigenvalue weighted by Gasteiger charge is 2.18. The molecule has 0 spiro atoms. The summed E-state index contributed by atoms with van der Waals surface area (Å²) in [6.45, 7) is 1.76. The lowest BCUT2D eigenvalue weighted by Crippen LogP contribution is -2.30. The van der Waals surface area contributed by atoms with Crippen molar-refractivity contribution in [2.75, 3.05) is 13.2 Å². The van der Waals surface area contributed by atoms with E-state index in [2.05, 4.69) is 4.98 Å². The Kier molecular flexibility index (Phi) is 3.09. The predicted molar refractivity (Wildman–Crippen MR) is 55.1 cm³/mol. The molecule has 1 saturated heterocycles. The normalized spacial score (nSPS) is 17.0. The summed E-state index contributed by atoms with van der Waals surface area (Å²) >= 11 is 7.79. The second kappa shape index (κ2) is 4.31. The molecule has 4 heteroatoms. The Bertz CT molecular complexity index is 291. The standard InChI is InChI=1S/C9H10ClNOS/c10-9-7(2-1-3-11-9)6-13-8-4-12-5-8/h1-3,8H,4-6H2. The van der Waals surface area contributed by atoms with Crippen LogP contribution in [0, 0.1) is 0 Å². The lowest BCUT2D eigenvalue weighted by molar-refractivity contribution is 0.0455. The van der Waals surface area contributed by atoms with E-state index in [9.17, 15) is 0 Å². The zero-order valence-electron chi connectivity index (χ0n) is 7.07. The monoisotopic (exact) mass is 215 g/mol. The van der Waals surface area contributed by atoms with Gasteiger partial charge in [0.15, 0.2) is 0 Å². The van der Waals surface area contributed by atoms with Gasteiger partial charge in [0.1, 0.15) is 5.15 Å². The molecule has 0 radical (unpaired) electrons. The van der Waals surface area contributed by atoms with Gasteiger partial charge in [-0.25, -0.2) is 4.98 Å². The first-order valence-electron chi connectivity index (χ1n) is 4.15. The third-order valence-corrected chi connectivity index (χ3v) is 3.48. The molecule has 0 N–H and O–H groups in total. The number of ether oxygens (including phenoxy) is 1. The molecule has 70 valence electrons. The molecular weight excluding hydrogens is 206 g/mol. The molecule has 2 rings (SSSR count). The van der Waals surface area contributed by atoms with E-state index >= 15 is 0 Å². The van der Waals surface area contributed by atoms with Crippen LogP contribution in [0.25, 0.3) is 0 Å². The average Bonchev–Trinajstić information content (AvgIpc) is 2.05. The summed E-state index contributed by atoms with van der Waals surface area (Å²) in [4.78, 5) is 4.02. The summed E-state index contributed by atoms with van der Waals surface area (Å²) in [5.41, 5.74) is 1.11. The minimum Gasteiger partial charge on any atom is -0.379 e. The van der Waals surface area contributed by atoms with Gasteiger partial charge in [0, 0.05) is 11.9 Å². The molecule has 1 aliphatic rings. The Labute approximate surface area is 86.6 Å². The molecule has 2 nitrogen and oxygen atoms in total. The maximum Gasteiger partial charge on any atom is 0.133 e. The van der Waals surface area contributed by atoms with Crippen LogP contribution in [0.3, 0.4) is 0 Å². The minimum atomic E-state index is 0.621. The molecule has 1 aromatic heterocycles. The number of halogens is 1. The van der Waals surface area contributed by atoms with Crippen molar-refractivity contribution >= 4 is 23.4 Å². The van der Waals surface area contributed by atoms with E-state index in [0.717, 1.165) is 24.5 Å². The maximum atomic E-state index is 5.91. The summed E-state index contributed by atoms with van der Waals surface area (Å²) in [5.74, 6) is 0.931. The summed E-state index contributed by atoms with van der Waals surface area (Å²) in [7, 11) is 0.